The van der Waals surface area contributed by atoms with E-state index in [0.29, 0.717) is 0 Å². The zero-order valence-electron chi connectivity index (χ0n) is 19.7. The Labute approximate surface area is 161 Å². The average Bonchev–Trinajstić information content (AvgIpc) is 2.76. The second kappa shape index (κ2) is 6.39. The predicted molar refractivity (Wildman–Crippen MR) is 124 cm³/mol. The van der Waals surface area contributed by atoms with Crippen molar-refractivity contribution in [3.05, 3.63) is 0 Å². The van der Waals surface area contributed by atoms with Crippen molar-refractivity contribution in [2.24, 2.45) is 4.41 Å². The molecule has 1 aliphatic rings. The molecule has 0 amide bonds. The lowest BCUT2D eigenvalue weighted by molar-refractivity contribution is 0.110. The molecule has 1 rings (SSSR count). The summed E-state index contributed by atoms with van der Waals surface area (Å²) in [6.45, 7) is 36.5. The number of rotatable bonds is 4. The lowest BCUT2D eigenvalue weighted by atomic mass is 10.1. The summed E-state index contributed by atoms with van der Waals surface area (Å²) in [6, 6.07) is 0. The van der Waals surface area contributed by atoms with E-state index >= 15 is 0 Å². The van der Waals surface area contributed by atoms with Gasteiger partial charge in [-0.05, 0) is 61.2 Å². The van der Waals surface area contributed by atoms with Crippen molar-refractivity contribution < 1.29 is 0 Å². The molecule has 1 heterocycles. The van der Waals surface area contributed by atoms with Gasteiger partial charge in [-0.25, -0.2) is 0 Å². The van der Waals surface area contributed by atoms with Gasteiger partial charge in [0.1, 0.15) is 16.5 Å². The van der Waals surface area contributed by atoms with E-state index in [0.717, 1.165) is 0 Å². The van der Waals surface area contributed by atoms with Crippen molar-refractivity contribution in [3.8, 4) is 0 Å². The molecule has 1 aliphatic heterocycles. The highest BCUT2D eigenvalue weighted by molar-refractivity contribution is 7.70. The number of hydrogen-bond donors (Lipinski definition) is 0. The molecule has 0 aromatic heterocycles. The van der Waals surface area contributed by atoms with Gasteiger partial charge in [-0.15, -0.1) is 0 Å². The quantitative estimate of drug-likeness (QED) is 0.281. The molecule has 0 aromatic carbocycles. The van der Waals surface area contributed by atoms with Crippen LogP contribution in [-0.2, 0) is 0 Å². The Morgan fingerprint density at radius 3 is 1.08 bits per heavy atom. The fraction of sp³-hybridized carbons (Fsp3) is 1.00. The maximum absolute atomic E-state index is 5.78. The van der Waals surface area contributed by atoms with Crippen LogP contribution >= 0.6 is 7.51 Å². The zero-order chi connectivity index (χ0) is 20.4. The molecular formula is C17H45N4PSi3. The normalized spacial score (nSPS) is 29.1. The minimum atomic E-state index is -1.82. The van der Waals surface area contributed by atoms with E-state index in [2.05, 4.69) is 114 Å². The predicted octanol–water partition coefficient (Wildman–Crippen LogP) is 6.87. The fourth-order valence-electron chi connectivity index (χ4n) is 4.06. The second-order valence-electron chi connectivity index (χ2n) is 12.4. The third-order valence-corrected chi connectivity index (χ3v) is 22.0. The maximum Gasteiger partial charge on any atom is 0.175 e. The van der Waals surface area contributed by atoms with Gasteiger partial charge in [0.25, 0.3) is 0 Å². The largest absolute Gasteiger partial charge is 0.299 e. The first kappa shape index (κ1) is 23.8. The van der Waals surface area contributed by atoms with E-state index in [-0.39, 0.29) is 11.1 Å². The second-order valence-corrected chi connectivity index (χ2v) is 30.5. The summed E-state index contributed by atoms with van der Waals surface area (Å²) in [7, 11) is -6.51. The molecule has 0 aromatic rings. The summed E-state index contributed by atoms with van der Waals surface area (Å²) in [5.74, 6) is 0. The Kier molecular flexibility index (Phi) is 6.09. The monoisotopic (exact) mass is 420 g/mol. The molecule has 25 heavy (non-hydrogen) atoms. The van der Waals surface area contributed by atoms with Crippen LogP contribution in [0.15, 0.2) is 4.41 Å². The molecule has 0 spiro atoms. The summed E-state index contributed by atoms with van der Waals surface area (Å²) in [6.07, 6.45) is 0. The van der Waals surface area contributed by atoms with Crippen LogP contribution in [0.25, 0.3) is 0 Å². The Bertz CT molecular complexity index is 519. The van der Waals surface area contributed by atoms with Gasteiger partial charge in [-0.3, -0.25) is 8.41 Å². The highest BCUT2D eigenvalue weighted by Crippen LogP contribution is 2.82. The molecule has 2 atom stereocenters. The lowest BCUT2D eigenvalue weighted by Gasteiger charge is -2.46. The average molecular weight is 421 g/mol. The molecule has 0 radical (unpaired) electrons. The van der Waals surface area contributed by atoms with Crippen molar-refractivity contribution in [1.29, 1.82) is 0 Å². The summed E-state index contributed by atoms with van der Waals surface area (Å²) in [4.78, 5) is 0. The molecule has 1 fully saturated rings. The van der Waals surface area contributed by atoms with Crippen LogP contribution in [0.1, 0.15) is 41.5 Å². The Morgan fingerprint density at radius 2 is 0.920 bits per heavy atom. The van der Waals surface area contributed by atoms with Gasteiger partial charge in [0, 0.05) is 11.1 Å². The highest BCUT2D eigenvalue weighted by atomic mass is 31.2. The van der Waals surface area contributed by atoms with Gasteiger partial charge >= 0.3 is 0 Å². The molecule has 0 saturated carbocycles. The van der Waals surface area contributed by atoms with E-state index in [1.165, 1.54) is 0 Å². The minimum Gasteiger partial charge on any atom is -0.299 e. The van der Waals surface area contributed by atoms with Crippen LogP contribution in [0.4, 0.5) is 0 Å². The molecular weight excluding hydrogens is 375 g/mol. The Balaban J connectivity index is 3.90. The number of hydrazine groups is 1. The van der Waals surface area contributed by atoms with Crippen LogP contribution in [0.5, 0.6) is 0 Å². The summed E-state index contributed by atoms with van der Waals surface area (Å²) in [5, 5.41) is 0. The lowest BCUT2D eigenvalue weighted by Crippen LogP contribution is -2.56. The Morgan fingerprint density at radius 1 is 0.640 bits per heavy atom. The molecule has 4 nitrogen and oxygen atoms in total. The van der Waals surface area contributed by atoms with Crippen LogP contribution in [0, 0.1) is 0 Å². The maximum atomic E-state index is 5.78. The van der Waals surface area contributed by atoms with Crippen molar-refractivity contribution in [2.45, 2.75) is 112 Å². The van der Waals surface area contributed by atoms with E-state index in [4.69, 9.17) is 4.41 Å². The number of hydrogen-bond acceptors (Lipinski definition) is 1. The van der Waals surface area contributed by atoms with Gasteiger partial charge < -0.3 is 0 Å². The molecule has 1 saturated heterocycles. The third-order valence-electron chi connectivity index (χ3n) is 3.83. The van der Waals surface area contributed by atoms with Crippen LogP contribution < -0.4 is 0 Å². The summed E-state index contributed by atoms with van der Waals surface area (Å²) >= 11 is 0. The molecule has 150 valence electrons. The van der Waals surface area contributed by atoms with Crippen molar-refractivity contribution in [1.82, 2.24) is 13.6 Å². The van der Waals surface area contributed by atoms with Gasteiger partial charge in [0.15, 0.2) is 15.7 Å². The van der Waals surface area contributed by atoms with E-state index in [1.807, 2.05) is 0 Å². The van der Waals surface area contributed by atoms with Gasteiger partial charge in [-0.1, -0.05) is 39.3 Å². The van der Waals surface area contributed by atoms with Gasteiger partial charge in [-0.2, -0.15) is 9.56 Å². The molecule has 0 aliphatic carbocycles. The zero-order valence-corrected chi connectivity index (χ0v) is 23.6. The fourth-order valence-corrected chi connectivity index (χ4v) is 27.7. The van der Waals surface area contributed by atoms with Crippen LogP contribution in [-0.4, -0.2) is 49.3 Å². The van der Waals surface area contributed by atoms with E-state index in [9.17, 15) is 0 Å². The van der Waals surface area contributed by atoms with Crippen molar-refractivity contribution >= 4 is 32.2 Å². The summed E-state index contributed by atoms with van der Waals surface area (Å²) < 4.78 is 14.2. The first-order chi connectivity index (χ1) is 10.6. The first-order valence-electron chi connectivity index (χ1n) is 9.62. The smallest absolute Gasteiger partial charge is 0.175 e. The number of nitrogens with zero attached hydrogens (tertiary/aromatic N) is 4. The first-order valence-corrected chi connectivity index (χ1v) is 21.6. The molecule has 2 unspecified atom stereocenters. The van der Waals surface area contributed by atoms with Gasteiger partial charge in [0.05, 0.1) is 0 Å². The van der Waals surface area contributed by atoms with Gasteiger partial charge in [0.2, 0.25) is 0 Å². The minimum absolute atomic E-state index is 0.0990. The van der Waals surface area contributed by atoms with Crippen molar-refractivity contribution in [3.63, 3.8) is 0 Å². The van der Waals surface area contributed by atoms with Crippen molar-refractivity contribution in [2.75, 3.05) is 0 Å². The van der Waals surface area contributed by atoms with Crippen LogP contribution in [0.3, 0.4) is 0 Å². The topological polar surface area (TPSA) is 21.6 Å². The molecule has 8 heteroatoms. The highest BCUT2D eigenvalue weighted by Gasteiger charge is 2.69. The summed E-state index contributed by atoms with van der Waals surface area (Å²) in [5.41, 5.74) is 0.198. The standard InChI is InChI=1S/C17H45N4PSi3/c1-16(2,3)19-20(17(4,5)6)22(19,18-23(7,8)9)21(24(10,11)12)25(13,14)15/h1-15H3. The van der Waals surface area contributed by atoms with E-state index in [1.54, 1.807) is 0 Å². The third kappa shape index (κ3) is 4.98. The van der Waals surface area contributed by atoms with Crippen LogP contribution in [0.2, 0.25) is 58.9 Å². The molecule has 0 N–H and O–H groups in total. The van der Waals surface area contributed by atoms with E-state index < -0.39 is 32.2 Å². The molecule has 0 bridgehead atoms. The SMILES string of the molecule is CC(C)(C)N1N(C(C)(C)C)P1(=N[Si](C)(C)C)N([Si](C)(C)C)[Si](C)(C)C. The Hall–Kier alpha value is 0.761.